The van der Waals surface area contributed by atoms with Gasteiger partial charge in [0.05, 0.1) is 6.54 Å². The minimum atomic E-state index is -0.851. The average molecular weight is 269 g/mol. The average Bonchev–Trinajstić information content (AvgIpc) is 2.48. The highest BCUT2D eigenvalue weighted by molar-refractivity contribution is 5.79. The maximum Gasteiger partial charge on any atom is 0.407 e. The molecule has 0 saturated carbocycles. The molecular formula is C13H23N3O3. The summed E-state index contributed by atoms with van der Waals surface area (Å²) in [5, 5.41) is 12.0. The van der Waals surface area contributed by atoms with Gasteiger partial charge in [0.15, 0.2) is 0 Å². The molecule has 6 heteroatoms. The summed E-state index contributed by atoms with van der Waals surface area (Å²) in [6.45, 7) is 7.30. The van der Waals surface area contributed by atoms with Crippen LogP contribution >= 0.6 is 0 Å². The number of rotatable bonds is 2. The first-order chi connectivity index (χ1) is 8.76. The molecule has 2 bridgehead atoms. The Hall–Kier alpha value is -1.30. The molecule has 0 aliphatic carbocycles. The molecular weight excluding hydrogens is 246 g/mol. The third-order valence-electron chi connectivity index (χ3n) is 3.74. The van der Waals surface area contributed by atoms with Crippen molar-refractivity contribution in [3.05, 3.63) is 0 Å². The Bertz CT molecular complexity index is 364. The first kappa shape index (κ1) is 14.1. The lowest BCUT2D eigenvalue weighted by Crippen LogP contribution is -2.58. The molecule has 6 nitrogen and oxygen atoms in total. The molecule has 0 radical (unpaired) electrons. The number of carbonyl (C=O) groups excluding carboxylic acids is 1. The van der Waals surface area contributed by atoms with Crippen molar-refractivity contribution in [3.8, 4) is 0 Å². The molecule has 0 aromatic heterocycles. The van der Waals surface area contributed by atoms with E-state index >= 15 is 0 Å². The van der Waals surface area contributed by atoms with Crippen LogP contribution in [0.25, 0.3) is 0 Å². The zero-order valence-corrected chi connectivity index (χ0v) is 11.8. The van der Waals surface area contributed by atoms with Gasteiger partial charge >= 0.3 is 6.09 Å². The van der Waals surface area contributed by atoms with Crippen molar-refractivity contribution in [3.63, 3.8) is 0 Å². The SMILES string of the molecule is CC(C)(C)NC(=O)CN1C2CCC1CN(C(=O)O)C2. The lowest BCUT2D eigenvalue weighted by molar-refractivity contribution is -0.125. The Morgan fingerprint density at radius 3 is 2.16 bits per heavy atom. The highest BCUT2D eigenvalue weighted by Gasteiger charge is 2.42. The van der Waals surface area contributed by atoms with Crippen LogP contribution in [0.2, 0.25) is 0 Å². The van der Waals surface area contributed by atoms with E-state index < -0.39 is 6.09 Å². The Balaban J connectivity index is 1.93. The lowest BCUT2D eigenvalue weighted by atomic mass is 10.1. The second-order valence-corrected chi connectivity index (χ2v) is 6.54. The van der Waals surface area contributed by atoms with Gasteiger partial charge in [-0.05, 0) is 33.6 Å². The molecule has 2 aliphatic heterocycles. The standard InChI is InChI=1S/C13H23N3O3/c1-13(2,3)14-11(17)8-16-9-4-5-10(16)7-15(6-9)12(18)19/h9-10H,4-8H2,1-3H3,(H,14,17)(H,18,19). The van der Waals surface area contributed by atoms with Crippen molar-refractivity contribution in [2.45, 2.75) is 51.2 Å². The van der Waals surface area contributed by atoms with E-state index in [0.717, 1.165) is 12.8 Å². The van der Waals surface area contributed by atoms with Crippen molar-refractivity contribution >= 4 is 12.0 Å². The van der Waals surface area contributed by atoms with Crippen molar-refractivity contribution in [2.24, 2.45) is 0 Å². The monoisotopic (exact) mass is 269 g/mol. The second-order valence-electron chi connectivity index (χ2n) is 6.54. The van der Waals surface area contributed by atoms with E-state index in [1.807, 2.05) is 20.8 Å². The molecule has 2 N–H and O–H groups in total. The molecule has 2 amide bonds. The molecule has 2 unspecified atom stereocenters. The number of nitrogens with zero attached hydrogens (tertiary/aromatic N) is 2. The van der Waals surface area contributed by atoms with E-state index in [0.29, 0.717) is 19.6 Å². The van der Waals surface area contributed by atoms with Gasteiger partial charge in [-0.25, -0.2) is 4.79 Å². The Labute approximate surface area is 113 Å². The van der Waals surface area contributed by atoms with Crippen LogP contribution in [0.4, 0.5) is 4.79 Å². The third-order valence-corrected chi connectivity index (χ3v) is 3.74. The predicted octanol–water partition coefficient (Wildman–Crippen LogP) is 0.728. The van der Waals surface area contributed by atoms with Gasteiger partial charge in [0, 0.05) is 30.7 Å². The fourth-order valence-electron chi connectivity index (χ4n) is 3.03. The summed E-state index contributed by atoms with van der Waals surface area (Å²) in [5.41, 5.74) is -0.223. The van der Waals surface area contributed by atoms with Gasteiger partial charge in [-0.1, -0.05) is 0 Å². The number of piperazine rings is 1. The summed E-state index contributed by atoms with van der Waals surface area (Å²) in [6, 6.07) is 0.390. The summed E-state index contributed by atoms with van der Waals surface area (Å²) < 4.78 is 0. The largest absolute Gasteiger partial charge is 0.465 e. The lowest BCUT2D eigenvalue weighted by Gasteiger charge is -2.39. The fraction of sp³-hybridized carbons (Fsp3) is 0.846. The van der Waals surface area contributed by atoms with Gasteiger partial charge in [-0.2, -0.15) is 0 Å². The molecule has 0 aromatic carbocycles. The molecule has 2 fully saturated rings. The number of carbonyl (C=O) groups is 2. The van der Waals surface area contributed by atoms with Crippen LogP contribution in [0.5, 0.6) is 0 Å². The fourth-order valence-corrected chi connectivity index (χ4v) is 3.03. The Kier molecular flexibility index (Phi) is 3.71. The van der Waals surface area contributed by atoms with Crippen molar-refractivity contribution in [1.82, 2.24) is 15.1 Å². The number of amides is 2. The van der Waals surface area contributed by atoms with Gasteiger partial charge in [-0.3, -0.25) is 9.69 Å². The number of hydrogen-bond donors (Lipinski definition) is 2. The van der Waals surface area contributed by atoms with Gasteiger partial charge in [0.25, 0.3) is 0 Å². The molecule has 2 saturated heterocycles. The van der Waals surface area contributed by atoms with E-state index in [1.165, 1.54) is 4.90 Å². The smallest absolute Gasteiger partial charge is 0.407 e. The van der Waals surface area contributed by atoms with Gasteiger partial charge in [0.2, 0.25) is 5.91 Å². The maximum atomic E-state index is 12.0. The topological polar surface area (TPSA) is 72.9 Å². The Morgan fingerprint density at radius 2 is 1.74 bits per heavy atom. The number of likely N-dealkylation sites (tertiary alicyclic amines) is 1. The van der Waals surface area contributed by atoms with Crippen LogP contribution in [0.3, 0.4) is 0 Å². The molecule has 108 valence electrons. The molecule has 0 aromatic rings. The predicted molar refractivity (Wildman–Crippen MR) is 71.0 cm³/mol. The van der Waals surface area contributed by atoms with Gasteiger partial charge in [-0.15, -0.1) is 0 Å². The molecule has 2 heterocycles. The van der Waals surface area contributed by atoms with Crippen LogP contribution in [-0.2, 0) is 4.79 Å². The Morgan fingerprint density at radius 1 is 1.21 bits per heavy atom. The third kappa shape index (κ3) is 3.37. The number of hydrogen-bond acceptors (Lipinski definition) is 3. The first-order valence-corrected chi connectivity index (χ1v) is 6.81. The highest BCUT2D eigenvalue weighted by atomic mass is 16.4. The van der Waals surface area contributed by atoms with Crippen molar-refractivity contribution in [2.75, 3.05) is 19.6 Å². The van der Waals surface area contributed by atoms with E-state index in [1.54, 1.807) is 0 Å². The number of carboxylic acid groups (broad SMARTS) is 1. The van der Waals surface area contributed by atoms with Crippen LogP contribution in [0.15, 0.2) is 0 Å². The molecule has 2 aliphatic rings. The van der Waals surface area contributed by atoms with Crippen molar-refractivity contribution < 1.29 is 14.7 Å². The van der Waals surface area contributed by atoms with Crippen molar-refractivity contribution in [1.29, 1.82) is 0 Å². The zero-order valence-electron chi connectivity index (χ0n) is 11.8. The van der Waals surface area contributed by atoms with E-state index in [9.17, 15) is 9.59 Å². The molecule has 0 spiro atoms. The molecule has 2 rings (SSSR count). The maximum absolute atomic E-state index is 12.0. The minimum Gasteiger partial charge on any atom is -0.465 e. The van der Waals surface area contributed by atoms with Crippen LogP contribution in [0.1, 0.15) is 33.6 Å². The summed E-state index contributed by atoms with van der Waals surface area (Å²) in [6.07, 6.45) is 1.12. The number of fused-ring (bicyclic) bond motifs is 2. The van der Waals surface area contributed by atoms with Gasteiger partial charge in [0.1, 0.15) is 0 Å². The summed E-state index contributed by atoms with van der Waals surface area (Å²) in [7, 11) is 0. The van der Waals surface area contributed by atoms with E-state index in [4.69, 9.17) is 5.11 Å². The molecule has 2 atom stereocenters. The van der Waals surface area contributed by atoms with Crippen LogP contribution in [0, 0.1) is 0 Å². The molecule has 19 heavy (non-hydrogen) atoms. The van der Waals surface area contributed by atoms with Crippen LogP contribution in [-0.4, -0.2) is 64.2 Å². The second kappa shape index (κ2) is 5.00. The van der Waals surface area contributed by atoms with Crippen LogP contribution < -0.4 is 5.32 Å². The zero-order chi connectivity index (χ0) is 14.2. The minimum absolute atomic E-state index is 0.0215. The quantitative estimate of drug-likeness (QED) is 0.775. The first-order valence-electron chi connectivity index (χ1n) is 6.81. The van der Waals surface area contributed by atoms with E-state index in [2.05, 4.69) is 10.2 Å². The summed E-state index contributed by atoms with van der Waals surface area (Å²) in [5.74, 6) is 0.0215. The highest BCUT2D eigenvalue weighted by Crippen LogP contribution is 2.29. The van der Waals surface area contributed by atoms with Gasteiger partial charge < -0.3 is 15.3 Å². The summed E-state index contributed by atoms with van der Waals surface area (Å²) >= 11 is 0. The van der Waals surface area contributed by atoms with E-state index in [-0.39, 0.29) is 23.5 Å². The summed E-state index contributed by atoms with van der Waals surface area (Å²) in [4.78, 5) is 26.6. The number of nitrogens with one attached hydrogen (secondary N) is 1. The normalized spacial score (nSPS) is 27.4.